The monoisotopic (exact) mass is 318 g/mol. The largest absolute Gasteiger partial charge is 0.359 e. The highest BCUT2D eigenvalue weighted by atomic mass is 35.5. The number of aryl methyl sites for hydroxylation is 1. The molecule has 1 fully saturated rings. The number of amides is 1. The number of hydrogen-bond donors (Lipinski definition) is 0. The van der Waals surface area contributed by atoms with Crippen LogP contribution in [0.3, 0.4) is 0 Å². The summed E-state index contributed by atoms with van der Waals surface area (Å²) in [5, 5.41) is 4.72. The van der Waals surface area contributed by atoms with Crippen LogP contribution in [0.15, 0.2) is 34.9 Å². The minimum Gasteiger partial charge on any atom is -0.359 e. The Bertz CT molecular complexity index is 651. The van der Waals surface area contributed by atoms with Crippen molar-refractivity contribution in [2.24, 2.45) is 0 Å². The van der Waals surface area contributed by atoms with Crippen molar-refractivity contribution in [3.8, 4) is 0 Å². The summed E-state index contributed by atoms with van der Waals surface area (Å²) >= 11 is 5.88. The fraction of sp³-hybridized carbons (Fsp3) is 0.412. The highest BCUT2D eigenvalue weighted by Gasteiger charge is 2.32. The van der Waals surface area contributed by atoms with Crippen LogP contribution < -0.4 is 0 Å². The Balaban J connectivity index is 1.72. The summed E-state index contributed by atoms with van der Waals surface area (Å²) in [6.07, 6.45) is 3.17. The third-order valence-corrected chi connectivity index (χ3v) is 4.36. The molecule has 1 aliphatic heterocycles. The lowest BCUT2D eigenvalue weighted by molar-refractivity contribution is -0.131. The van der Waals surface area contributed by atoms with Crippen LogP contribution in [-0.2, 0) is 17.6 Å². The van der Waals surface area contributed by atoms with Gasteiger partial charge in [-0.2, -0.15) is 0 Å². The predicted molar refractivity (Wildman–Crippen MR) is 84.7 cm³/mol. The van der Waals surface area contributed by atoms with Crippen LogP contribution in [0.1, 0.15) is 42.8 Å². The molecule has 1 aliphatic rings. The van der Waals surface area contributed by atoms with Gasteiger partial charge in [0.25, 0.3) is 0 Å². The van der Waals surface area contributed by atoms with Crippen LogP contribution in [0.2, 0.25) is 5.02 Å². The maximum absolute atomic E-state index is 12.6. The van der Waals surface area contributed by atoms with Crippen molar-refractivity contribution in [3.05, 3.63) is 52.4 Å². The van der Waals surface area contributed by atoms with Crippen molar-refractivity contribution in [1.29, 1.82) is 0 Å². The van der Waals surface area contributed by atoms with Crippen LogP contribution in [0, 0.1) is 0 Å². The second-order valence-corrected chi connectivity index (χ2v) is 6.06. The van der Waals surface area contributed by atoms with Gasteiger partial charge < -0.3 is 9.42 Å². The number of halogens is 1. The summed E-state index contributed by atoms with van der Waals surface area (Å²) in [5.41, 5.74) is 1.92. The summed E-state index contributed by atoms with van der Waals surface area (Å²) in [7, 11) is 0. The van der Waals surface area contributed by atoms with Crippen molar-refractivity contribution in [2.45, 2.75) is 38.6 Å². The Morgan fingerprint density at radius 2 is 2.18 bits per heavy atom. The van der Waals surface area contributed by atoms with E-state index in [0.717, 1.165) is 42.8 Å². The number of benzene rings is 1. The molecule has 0 bridgehead atoms. The van der Waals surface area contributed by atoms with Gasteiger partial charge in [0.2, 0.25) is 5.91 Å². The lowest BCUT2D eigenvalue weighted by atomic mass is 10.1. The van der Waals surface area contributed by atoms with Gasteiger partial charge in [-0.1, -0.05) is 35.8 Å². The quantitative estimate of drug-likeness (QED) is 0.861. The fourth-order valence-corrected chi connectivity index (χ4v) is 3.02. The van der Waals surface area contributed by atoms with Gasteiger partial charge in [0.15, 0.2) is 5.76 Å². The number of carbonyl (C=O) groups is 1. The first kappa shape index (κ1) is 15.1. The van der Waals surface area contributed by atoms with Gasteiger partial charge in [-0.15, -0.1) is 0 Å². The van der Waals surface area contributed by atoms with Gasteiger partial charge in [-0.05, 0) is 37.0 Å². The molecule has 5 heteroatoms. The molecule has 1 amide bonds. The van der Waals surface area contributed by atoms with Crippen LogP contribution in [0.25, 0.3) is 0 Å². The molecule has 1 atom stereocenters. The number of aromatic nitrogens is 1. The van der Waals surface area contributed by atoms with E-state index in [-0.39, 0.29) is 11.9 Å². The average Bonchev–Trinajstić information content (AvgIpc) is 3.17. The van der Waals surface area contributed by atoms with Gasteiger partial charge in [0, 0.05) is 17.6 Å². The molecule has 0 N–H and O–H groups in total. The zero-order valence-corrected chi connectivity index (χ0v) is 13.3. The summed E-state index contributed by atoms with van der Waals surface area (Å²) in [6, 6.07) is 9.42. The average molecular weight is 319 g/mol. The van der Waals surface area contributed by atoms with E-state index in [1.165, 1.54) is 0 Å². The van der Waals surface area contributed by atoms with Gasteiger partial charge in [0.05, 0.1) is 18.2 Å². The molecule has 0 spiro atoms. The minimum absolute atomic E-state index is 0.0209. The van der Waals surface area contributed by atoms with E-state index in [0.29, 0.717) is 11.4 Å². The standard InChI is InChI=1S/C17H19ClN2O2/c1-2-14-11-16(22-19-14)15-4-3-9-20(15)17(21)10-12-5-7-13(18)8-6-12/h5-8,11,15H,2-4,9-10H2,1H3. The van der Waals surface area contributed by atoms with Crippen LogP contribution in [-0.4, -0.2) is 22.5 Å². The van der Waals surface area contributed by atoms with E-state index in [2.05, 4.69) is 5.16 Å². The maximum atomic E-state index is 12.6. The molecular formula is C17H19ClN2O2. The summed E-state index contributed by atoms with van der Waals surface area (Å²) in [4.78, 5) is 14.5. The number of carbonyl (C=O) groups excluding carboxylic acids is 1. The molecule has 116 valence electrons. The molecule has 22 heavy (non-hydrogen) atoms. The first-order valence-electron chi connectivity index (χ1n) is 7.66. The second-order valence-electron chi connectivity index (χ2n) is 5.62. The Kier molecular flexibility index (Phi) is 4.48. The summed E-state index contributed by atoms with van der Waals surface area (Å²) in [6.45, 7) is 2.82. The number of likely N-dealkylation sites (tertiary alicyclic amines) is 1. The molecule has 4 nitrogen and oxygen atoms in total. The van der Waals surface area contributed by atoms with Crippen molar-refractivity contribution in [2.75, 3.05) is 6.54 Å². The molecule has 1 aromatic carbocycles. The molecule has 2 aromatic rings. The number of nitrogens with zero attached hydrogens (tertiary/aromatic N) is 2. The maximum Gasteiger partial charge on any atom is 0.227 e. The molecule has 0 aliphatic carbocycles. The molecule has 1 unspecified atom stereocenters. The van der Waals surface area contributed by atoms with Gasteiger partial charge >= 0.3 is 0 Å². The van der Waals surface area contributed by atoms with Gasteiger partial charge in [0.1, 0.15) is 0 Å². The third kappa shape index (κ3) is 3.17. The minimum atomic E-state index is 0.0209. The Hall–Kier alpha value is -1.81. The molecule has 2 heterocycles. The third-order valence-electron chi connectivity index (χ3n) is 4.11. The Morgan fingerprint density at radius 3 is 2.86 bits per heavy atom. The fourth-order valence-electron chi connectivity index (χ4n) is 2.89. The highest BCUT2D eigenvalue weighted by molar-refractivity contribution is 6.30. The zero-order valence-electron chi connectivity index (χ0n) is 12.6. The zero-order chi connectivity index (χ0) is 15.5. The molecule has 0 saturated carbocycles. The topological polar surface area (TPSA) is 46.3 Å². The first-order chi connectivity index (χ1) is 10.7. The van der Waals surface area contributed by atoms with Crippen molar-refractivity contribution >= 4 is 17.5 Å². The van der Waals surface area contributed by atoms with E-state index < -0.39 is 0 Å². The van der Waals surface area contributed by atoms with Crippen molar-refractivity contribution in [1.82, 2.24) is 10.1 Å². The predicted octanol–water partition coefficient (Wildman–Crippen LogP) is 3.80. The number of rotatable bonds is 4. The molecule has 1 aromatic heterocycles. The van der Waals surface area contributed by atoms with Crippen molar-refractivity contribution in [3.63, 3.8) is 0 Å². The van der Waals surface area contributed by atoms with Crippen LogP contribution >= 0.6 is 11.6 Å². The molecule has 0 radical (unpaired) electrons. The lowest BCUT2D eigenvalue weighted by Crippen LogP contribution is -2.31. The van der Waals surface area contributed by atoms with Gasteiger partial charge in [-0.3, -0.25) is 4.79 Å². The van der Waals surface area contributed by atoms with E-state index in [1.807, 2.05) is 42.2 Å². The highest BCUT2D eigenvalue weighted by Crippen LogP contribution is 2.32. The SMILES string of the molecule is CCc1cc(C2CCCN2C(=O)Cc2ccc(Cl)cc2)on1. The lowest BCUT2D eigenvalue weighted by Gasteiger charge is -2.22. The Labute approximate surface area is 135 Å². The van der Waals surface area contributed by atoms with Gasteiger partial charge in [-0.25, -0.2) is 0 Å². The molecule has 3 rings (SSSR count). The van der Waals surface area contributed by atoms with E-state index >= 15 is 0 Å². The normalized spacial score (nSPS) is 17.9. The van der Waals surface area contributed by atoms with E-state index in [4.69, 9.17) is 16.1 Å². The second kappa shape index (κ2) is 6.53. The Morgan fingerprint density at radius 1 is 1.41 bits per heavy atom. The van der Waals surface area contributed by atoms with Crippen LogP contribution in [0.5, 0.6) is 0 Å². The van der Waals surface area contributed by atoms with E-state index in [9.17, 15) is 4.79 Å². The summed E-state index contributed by atoms with van der Waals surface area (Å²) in [5.74, 6) is 0.929. The number of hydrogen-bond acceptors (Lipinski definition) is 3. The smallest absolute Gasteiger partial charge is 0.227 e. The van der Waals surface area contributed by atoms with E-state index in [1.54, 1.807) is 0 Å². The molecular weight excluding hydrogens is 300 g/mol. The summed E-state index contributed by atoms with van der Waals surface area (Å²) < 4.78 is 5.42. The first-order valence-corrected chi connectivity index (χ1v) is 8.04. The molecule has 1 saturated heterocycles. The van der Waals surface area contributed by atoms with Crippen LogP contribution in [0.4, 0.5) is 0 Å². The van der Waals surface area contributed by atoms with Crippen molar-refractivity contribution < 1.29 is 9.32 Å².